The molecular weight excluding hydrogens is 240 g/mol. The lowest BCUT2D eigenvalue weighted by molar-refractivity contribution is 0.180. The van der Waals surface area contributed by atoms with Crippen LogP contribution < -0.4 is 4.74 Å². The third-order valence-electron chi connectivity index (χ3n) is 2.88. The molecule has 0 spiro atoms. The lowest BCUT2D eigenvalue weighted by atomic mass is 10.1. The van der Waals surface area contributed by atoms with Crippen molar-refractivity contribution >= 4 is 9.84 Å². The highest BCUT2D eigenvalue weighted by atomic mass is 32.2. The number of aliphatic hydroxyl groups is 1. The summed E-state index contributed by atoms with van der Waals surface area (Å²) in [4.78, 5) is 0. The van der Waals surface area contributed by atoms with Crippen molar-refractivity contribution in [1.29, 1.82) is 0 Å². The molecule has 0 amide bonds. The van der Waals surface area contributed by atoms with E-state index in [-0.39, 0.29) is 18.5 Å². The van der Waals surface area contributed by atoms with Gasteiger partial charge in [0.05, 0.1) is 11.9 Å². The van der Waals surface area contributed by atoms with E-state index < -0.39 is 9.84 Å². The van der Waals surface area contributed by atoms with Crippen molar-refractivity contribution in [1.82, 2.24) is 0 Å². The number of hydrogen-bond donors (Lipinski definition) is 1. The first-order valence-corrected chi connectivity index (χ1v) is 7.63. The minimum atomic E-state index is -2.98. The van der Waals surface area contributed by atoms with Gasteiger partial charge in [0.25, 0.3) is 0 Å². The molecule has 1 aliphatic carbocycles. The zero-order valence-corrected chi connectivity index (χ0v) is 10.5. The number of sulfone groups is 1. The molecule has 4 nitrogen and oxygen atoms in total. The highest BCUT2D eigenvalue weighted by molar-refractivity contribution is 7.90. The molecule has 94 valence electrons. The smallest absolute Gasteiger partial charge is 0.150 e. The van der Waals surface area contributed by atoms with Gasteiger partial charge >= 0.3 is 0 Å². The molecule has 0 saturated carbocycles. The molecule has 1 atom stereocenters. The quantitative estimate of drug-likeness (QED) is 0.876. The van der Waals surface area contributed by atoms with Crippen LogP contribution in [0, 0.1) is 0 Å². The minimum Gasteiger partial charge on any atom is -0.493 e. The number of fused-ring (bicyclic) bond motifs is 1. The monoisotopic (exact) mass is 256 g/mol. The standard InChI is InChI=1S/C12H16O4S/c1-17(14,15)7-6-16-10-3-4-11-9(8-10)2-5-12(11)13/h3-4,8,12-13H,2,5-7H2,1H3/t12-/m0/s1. The van der Waals surface area contributed by atoms with Gasteiger partial charge in [-0.25, -0.2) is 8.42 Å². The van der Waals surface area contributed by atoms with Crippen molar-refractivity contribution in [3.8, 4) is 5.75 Å². The summed E-state index contributed by atoms with van der Waals surface area (Å²) >= 11 is 0. The van der Waals surface area contributed by atoms with E-state index in [0.717, 1.165) is 24.0 Å². The lowest BCUT2D eigenvalue weighted by Crippen LogP contribution is -2.12. The Bertz CT molecular complexity index is 507. The van der Waals surface area contributed by atoms with Crippen LogP contribution in [-0.4, -0.2) is 32.1 Å². The Kier molecular flexibility index (Phi) is 3.40. The molecule has 1 aliphatic rings. The largest absolute Gasteiger partial charge is 0.493 e. The van der Waals surface area contributed by atoms with Crippen LogP contribution in [-0.2, 0) is 16.3 Å². The fraction of sp³-hybridized carbons (Fsp3) is 0.500. The molecule has 2 rings (SSSR count). The normalized spacial score (nSPS) is 19.1. The van der Waals surface area contributed by atoms with Crippen molar-refractivity contribution in [3.05, 3.63) is 29.3 Å². The molecule has 0 bridgehead atoms. The predicted molar refractivity (Wildman–Crippen MR) is 64.9 cm³/mol. The summed E-state index contributed by atoms with van der Waals surface area (Å²) in [6.07, 6.45) is 2.42. The maximum Gasteiger partial charge on any atom is 0.150 e. The average molecular weight is 256 g/mol. The van der Waals surface area contributed by atoms with Crippen LogP contribution in [0.25, 0.3) is 0 Å². The van der Waals surface area contributed by atoms with Gasteiger partial charge in [-0.1, -0.05) is 6.07 Å². The number of ether oxygens (including phenoxy) is 1. The molecule has 0 aromatic heterocycles. The minimum absolute atomic E-state index is 0.0205. The van der Waals surface area contributed by atoms with E-state index in [0.29, 0.717) is 5.75 Å². The summed E-state index contributed by atoms with van der Waals surface area (Å²) in [5.74, 6) is 0.689. The summed E-state index contributed by atoms with van der Waals surface area (Å²) in [5, 5.41) is 9.63. The zero-order valence-electron chi connectivity index (χ0n) is 9.72. The van der Waals surface area contributed by atoms with Crippen molar-refractivity contribution in [3.63, 3.8) is 0 Å². The molecule has 1 aromatic carbocycles. The van der Waals surface area contributed by atoms with Gasteiger partial charge in [0.15, 0.2) is 9.84 Å². The molecule has 0 heterocycles. The second-order valence-electron chi connectivity index (χ2n) is 4.39. The molecule has 17 heavy (non-hydrogen) atoms. The number of hydrogen-bond acceptors (Lipinski definition) is 4. The fourth-order valence-electron chi connectivity index (χ4n) is 1.97. The van der Waals surface area contributed by atoms with Crippen molar-refractivity contribution in [2.24, 2.45) is 0 Å². The number of benzene rings is 1. The Hall–Kier alpha value is -1.07. The molecule has 1 aromatic rings. The van der Waals surface area contributed by atoms with Crippen LogP contribution in [0.5, 0.6) is 5.75 Å². The Morgan fingerprint density at radius 3 is 2.94 bits per heavy atom. The molecule has 0 unspecified atom stereocenters. The van der Waals surface area contributed by atoms with E-state index in [2.05, 4.69) is 0 Å². The molecular formula is C12H16O4S. The maximum absolute atomic E-state index is 10.9. The number of aliphatic hydroxyl groups excluding tert-OH is 1. The molecule has 0 radical (unpaired) electrons. The molecule has 0 aliphatic heterocycles. The van der Waals surface area contributed by atoms with Gasteiger partial charge in [-0.2, -0.15) is 0 Å². The van der Waals surface area contributed by atoms with Gasteiger partial charge in [-0.15, -0.1) is 0 Å². The van der Waals surface area contributed by atoms with Gasteiger partial charge in [0, 0.05) is 6.26 Å². The van der Waals surface area contributed by atoms with Gasteiger partial charge in [-0.05, 0) is 36.1 Å². The molecule has 0 saturated heterocycles. The van der Waals surface area contributed by atoms with Crippen LogP contribution >= 0.6 is 0 Å². The first-order valence-electron chi connectivity index (χ1n) is 5.57. The average Bonchev–Trinajstić information content (AvgIpc) is 2.58. The first kappa shape index (κ1) is 12.4. The topological polar surface area (TPSA) is 63.6 Å². The Balaban J connectivity index is 1.99. The van der Waals surface area contributed by atoms with Gasteiger partial charge in [0.1, 0.15) is 12.4 Å². The van der Waals surface area contributed by atoms with Crippen LogP contribution in [0.3, 0.4) is 0 Å². The Morgan fingerprint density at radius 2 is 2.24 bits per heavy atom. The van der Waals surface area contributed by atoms with Crippen molar-refractivity contribution in [2.75, 3.05) is 18.6 Å². The highest BCUT2D eigenvalue weighted by Crippen LogP contribution is 2.33. The van der Waals surface area contributed by atoms with E-state index in [1.807, 2.05) is 12.1 Å². The third kappa shape index (κ3) is 3.20. The highest BCUT2D eigenvalue weighted by Gasteiger charge is 2.20. The number of aryl methyl sites for hydroxylation is 1. The lowest BCUT2D eigenvalue weighted by Gasteiger charge is -2.08. The van der Waals surface area contributed by atoms with Crippen LogP contribution in [0.4, 0.5) is 0 Å². The summed E-state index contributed by atoms with van der Waals surface area (Å²) in [5.41, 5.74) is 2.05. The summed E-state index contributed by atoms with van der Waals surface area (Å²) in [7, 11) is -2.98. The Labute approximate surface area is 101 Å². The van der Waals surface area contributed by atoms with Crippen LogP contribution in [0.2, 0.25) is 0 Å². The van der Waals surface area contributed by atoms with Crippen molar-refractivity contribution in [2.45, 2.75) is 18.9 Å². The Morgan fingerprint density at radius 1 is 1.47 bits per heavy atom. The van der Waals surface area contributed by atoms with E-state index in [1.54, 1.807) is 6.07 Å². The maximum atomic E-state index is 10.9. The second kappa shape index (κ2) is 4.66. The van der Waals surface area contributed by atoms with E-state index in [1.165, 1.54) is 6.26 Å². The third-order valence-corrected chi connectivity index (χ3v) is 3.79. The van der Waals surface area contributed by atoms with Gasteiger partial charge in [0.2, 0.25) is 0 Å². The molecule has 1 N–H and O–H groups in total. The summed E-state index contributed by atoms with van der Waals surface area (Å²) < 4.78 is 27.3. The predicted octanol–water partition coefficient (Wildman–Crippen LogP) is 1.09. The second-order valence-corrected chi connectivity index (χ2v) is 6.65. The number of rotatable bonds is 4. The molecule has 5 heteroatoms. The fourth-order valence-corrected chi connectivity index (χ4v) is 2.36. The SMILES string of the molecule is CS(=O)(=O)CCOc1ccc2c(c1)CC[C@@H]2O. The van der Waals surface area contributed by atoms with E-state index >= 15 is 0 Å². The van der Waals surface area contributed by atoms with E-state index in [4.69, 9.17) is 4.74 Å². The van der Waals surface area contributed by atoms with Crippen LogP contribution in [0.15, 0.2) is 18.2 Å². The molecule has 0 fully saturated rings. The summed E-state index contributed by atoms with van der Waals surface area (Å²) in [6.45, 7) is 0.167. The van der Waals surface area contributed by atoms with Gasteiger partial charge in [-0.3, -0.25) is 0 Å². The van der Waals surface area contributed by atoms with Crippen LogP contribution in [0.1, 0.15) is 23.7 Å². The zero-order chi connectivity index (χ0) is 12.5. The first-order chi connectivity index (χ1) is 7.96. The van der Waals surface area contributed by atoms with E-state index in [9.17, 15) is 13.5 Å². The summed E-state index contributed by atoms with van der Waals surface area (Å²) in [6, 6.07) is 5.51. The van der Waals surface area contributed by atoms with Gasteiger partial charge < -0.3 is 9.84 Å². The van der Waals surface area contributed by atoms with Crippen molar-refractivity contribution < 1.29 is 18.3 Å².